The highest BCUT2D eigenvalue weighted by atomic mass is 32.2. The number of thioether (sulfide) groups is 1. The van der Waals surface area contributed by atoms with Gasteiger partial charge in [0.25, 0.3) is 0 Å². The Hall–Kier alpha value is -0.740. The lowest BCUT2D eigenvalue weighted by Gasteiger charge is -2.19. The van der Waals surface area contributed by atoms with Crippen LogP contribution in [0.4, 0.5) is 4.39 Å². The Morgan fingerprint density at radius 1 is 1.47 bits per heavy atom. The number of nitrogens with one attached hydrogen (secondary N) is 1. The van der Waals surface area contributed by atoms with Crippen LogP contribution in [0.5, 0.6) is 5.75 Å². The third kappa shape index (κ3) is 4.21. The first-order valence-electron chi connectivity index (χ1n) is 5.81. The van der Waals surface area contributed by atoms with Crippen LogP contribution in [-0.4, -0.2) is 25.7 Å². The lowest BCUT2D eigenvalue weighted by atomic mass is 10.1. The van der Waals surface area contributed by atoms with Crippen molar-refractivity contribution in [2.24, 2.45) is 0 Å². The minimum atomic E-state index is -0.221. The predicted octanol–water partition coefficient (Wildman–Crippen LogP) is 3.24. The Morgan fingerprint density at radius 2 is 2.24 bits per heavy atom. The molecule has 2 nitrogen and oxygen atoms in total. The third-order valence-electron chi connectivity index (χ3n) is 2.55. The Bertz CT molecular complexity index is 346. The summed E-state index contributed by atoms with van der Waals surface area (Å²) >= 11 is 1.87. The molecule has 1 rings (SSSR count). The highest BCUT2D eigenvalue weighted by molar-refractivity contribution is 7.99. The van der Waals surface area contributed by atoms with Crippen molar-refractivity contribution in [1.82, 2.24) is 5.32 Å². The molecule has 0 saturated heterocycles. The van der Waals surface area contributed by atoms with Gasteiger partial charge in [0, 0.05) is 17.4 Å². The molecule has 4 heteroatoms. The molecule has 17 heavy (non-hydrogen) atoms. The van der Waals surface area contributed by atoms with Gasteiger partial charge >= 0.3 is 0 Å². The molecule has 0 aromatic heterocycles. The van der Waals surface area contributed by atoms with Crippen molar-refractivity contribution >= 4 is 11.8 Å². The summed E-state index contributed by atoms with van der Waals surface area (Å²) < 4.78 is 18.6. The van der Waals surface area contributed by atoms with Crippen molar-refractivity contribution in [3.8, 4) is 5.75 Å². The predicted molar refractivity (Wildman–Crippen MR) is 72.4 cm³/mol. The van der Waals surface area contributed by atoms with Crippen LogP contribution in [0.3, 0.4) is 0 Å². The SMILES string of the molecule is CCCSCC(NC)c1cc(F)ccc1OC. The van der Waals surface area contributed by atoms with E-state index in [0.717, 1.165) is 29.2 Å². The Balaban J connectivity index is 2.82. The zero-order chi connectivity index (χ0) is 12.7. The number of halogens is 1. The molecule has 0 bridgehead atoms. The zero-order valence-corrected chi connectivity index (χ0v) is 11.4. The van der Waals surface area contributed by atoms with Gasteiger partial charge in [0.05, 0.1) is 7.11 Å². The molecule has 0 aliphatic rings. The van der Waals surface area contributed by atoms with Crippen LogP contribution in [0.25, 0.3) is 0 Å². The number of hydrogen-bond acceptors (Lipinski definition) is 3. The summed E-state index contributed by atoms with van der Waals surface area (Å²) in [6, 6.07) is 4.78. The summed E-state index contributed by atoms with van der Waals surface area (Å²) in [6.07, 6.45) is 1.15. The minimum Gasteiger partial charge on any atom is -0.496 e. The van der Waals surface area contributed by atoms with Gasteiger partial charge in [-0.25, -0.2) is 4.39 Å². The van der Waals surface area contributed by atoms with Crippen LogP contribution < -0.4 is 10.1 Å². The van der Waals surface area contributed by atoms with E-state index in [1.807, 2.05) is 18.8 Å². The molecule has 0 fully saturated rings. The summed E-state index contributed by atoms with van der Waals surface area (Å²) in [5, 5.41) is 3.21. The van der Waals surface area contributed by atoms with Crippen LogP contribution >= 0.6 is 11.8 Å². The first-order chi connectivity index (χ1) is 8.22. The largest absolute Gasteiger partial charge is 0.496 e. The quantitative estimate of drug-likeness (QED) is 0.758. The fourth-order valence-corrected chi connectivity index (χ4v) is 2.69. The second-order valence-electron chi connectivity index (χ2n) is 3.80. The van der Waals surface area contributed by atoms with Gasteiger partial charge in [0.1, 0.15) is 11.6 Å². The van der Waals surface area contributed by atoms with Crippen molar-refractivity contribution in [1.29, 1.82) is 0 Å². The van der Waals surface area contributed by atoms with Crippen molar-refractivity contribution in [2.45, 2.75) is 19.4 Å². The van der Waals surface area contributed by atoms with Crippen LogP contribution in [-0.2, 0) is 0 Å². The van der Waals surface area contributed by atoms with Gasteiger partial charge in [-0.2, -0.15) is 11.8 Å². The second kappa shape index (κ2) is 7.56. The van der Waals surface area contributed by atoms with Gasteiger partial charge in [0.15, 0.2) is 0 Å². The summed E-state index contributed by atoms with van der Waals surface area (Å²) in [5.74, 6) is 2.56. The first kappa shape index (κ1) is 14.3. The van der Waals surface area contributed by atoms with Gasteiger partial charge in [-0.3, -0.25) is 0 Å². The van der Waals surface area contributed by atoms with E-state index in [2.05, 4.69) is 12.2 Å². The van der Waals surface area contributed by atoms with E-state index in [-0.39, 0.29) is 11.9 Å². The maximum Gasteiger partial charge on any atom is 0.123 e. The molecule has 0 amide bonds. The van der Waals surface area contributed by atoms with E-state index in [1.165, 1.54) is 6.07 Å². The molecule has 0 heterocycles. The number of rotatable bonds is 7. The van der Waals surface area contributed by atoms with Crippen molar-refractivity contribution in [2.75, 3.05) is 25.7 Å². The van der Waals surface area contributed by atoms with E-state index in [0.29, 0.717) is 0 Å². The molecule has 0 radical (unpaired) electrons. The maximum absolute atomic E-state index is 13.3. The normalized spacial score (nSPS) is 12.5. The summed E-state index contributed by atoms with van der Waals surface area (Å²) in [6.45, 7) is 2.16. The lowest BCUT2D eigenvalue weighted by molar-refractivity contribution is 0.402. The van der Waals surface area contributed by atoms with Crippen molar-refractivity contribution < 1.29 is 9.13 Å². The van der Waals surface area contributed by atoms with E-state index in [4.69, 9.17) is 4.74 Å². The number of hydrogen-bond donors (Lipinski definition) is 1. The molecule has 0 aliphatic carbocycles. The first-order valence-corrected chi connectivity index (χ1v) is 6.96. The van der Waals surface area contributed by atoms with E-state index in [1.54, 1.807) is 19.2 Å². The Morgan fingerprint density at radius 3 is 2.82 bits per heavy atom. The van der Waals surface area contributed by atoms with Crippen LogP contribution in [0, 0.1) is 5.82 Å². The average Bonchev–Trinajstić information content (AvgIpc) is 2.35. The summed E-state index contributed by atoms with van der Waals surface area (Å²) in [5.41, 5.74) is 0.888. The zero-order valence-electron chi connectivity index (χ0n) is 10.6. The monoisotopic (exact) mass is 257 g/mol. The molecular formula is C13H20FNOS. The van der Waals surface area contributed by atoms with Crippen LogP contribution in [0.1, 0.15) is 24.9 Å². The fraction of sp³-hybridized carbons (Fsp3) is 0.538. The van der Waals surface area contributed by atoms with E-state index in [9.17, 15) is 4.39 Å². The van der Waals surface area contributed by atoms with Crippen molar-refractivity contribution in [3.05, 3.63) is 29.6 Å². The minimum absolute atomic E-state index is 0.122. The highest BCUT2D eigenvalue weighted by Crippen LogP contribution is 2.28. The van der Waals surface area contributed by atoms with Gasteiger partial charge in [0.2, 0.25) is 0 Å². The Labute approximate surface area is 107 Å². The molecule has 1 N–H and O–H groups in total. The number of benzene rings is 1. The molecule has 1 aromatic carbocycles. The molecule has 96 valence electrons. The molecule has 0 spiro atoms. The van der Waals surface area contributed by atoms with Crippen LogP contribution in [0.2, 0.25) is 0 Å². The summed E-state index contributed by atoms with van der Waals surface area (Å²) in [4.78, 5) is 0. The standard InChI is InChI=1S/C13H20FNOS/c1-4-7-17-9-12(15-2)11-8-10(14)5-6-13(11)16-3/h5-6,8,12,15H,4,7,9H2,1-3H3. The smallest absolute Gasteiger partial charge is 0.123 e. The lowest BCUT2D eigenvalue weighted by Crippen LogP contribution is -2.20. The van der Waals surface area contributed by atoms with Gasteiger partial charge in [-0.15, -0.1) is 0 Å². The van der Waals surface area contributed by atoms with Gasteiger partial charge in [-0.1, -0.05) is 6.92 Å². The fourth-order valence-electron chi connectivity index (χ4n) is 1.65. The maximum atomic E-state index is 13.3. The van der Waals surface area contributed by atoms with E-state index >= 15 is 0 Å². The number of ether oxygens (including phenoxy) is 1. The highest BCUT2D eigenvalue weighted by Gasteiger charge is 2.15. The van der Waals surface area contributed by atoms with Gasteiger partial charge in [-0.05, 0) is 37.4 Å². The summed E-state index contributed by atoms with van der Waals surface area (Å²) in [7, 11) is 3.50. The Kier molecular flexibility index (Phi) is 6.37. The van der Waals surface area contributed by atoms with Crippen LogP contribution in [0.15, 0.2) is 18.2 Å². The topological polar surface area (TPSA) is 21.3 Å². The number of methoxy groups -OCH3 is 1. The molecule has 0 saturated carbocycles. The molecule has 1 unspecified atom stereocenters. The average molecular weight is 257 g/mol. The van der Waals surface area contributed by atoms with Gasteiger partial charge < -0.3 is 10.1 Å². The molecule has 1 atom stereocenters. The molecular weight excluding hydrogens is 237 g/mol. The molecule has 1 aromatic rings. The third-order valence-corrected chi connectivity index (χ3v) is 3.81. The second-order valence-corrected chi connectivity index (χ2v) is 4.95. The van der Waals surface area contributed by atoms with E-state index < -0.39 is 0 Å². The van der Waals surface area contributed by atoms with Crippen molar-refractivity contribution in [3.63, 3.8) is 0 Å². The molecule has 0 aliphatic heterocycles.